The molecule has 0 saturated carbocycles. The molecule has 0 aliphatic rings. The highest BCUT2D eigenvalue weighted by Gasteiger charge is 2.35. The van der Waals surface area contributed by atoms with Gasteiger partial charge in [-0.15, -0.1) is 0 Å². The van der Waals surface area contributed by atoms with Crippen molar-refractivity contribution in [2.75, 3.05) is 5.32 Å². The van der Waals surface area contributed by atoms with E-state index in [1.54, 1.807) is 16.9 Å². The molecule has 25 heavy (non-hydrogen) atoms. The first-order chi connectivity index (χ1) is 11.8. The van der Waals surface area contributed by atoms with Crippen molar-refractivity contribution in [3.8, 4) is 0 Å². The Kier molecular flexibility index (Phi) is 4.30. The highest BCUT2D eigenvalue weighted by molar-refractivity contribution is 6.02. The van der Waals surface area contributed by atoms with Crippen LogP contribution in [0.15, 0.2) is 48.7 Å². The Balaban J connectivity index is 1.70. The Hall–Kier alpha value is -3.10. The summed E-state index contributed by atoms with van der Waals surface area (Å²) in [7, 11) is 1.13. The molecule has 1 amide bonds. The average molecular weight is 349 g/mol. The van der Waals surface area contributed by atoms with Crippen LogP contribution in [0.1, 0.15) is 21.7 Å². The maximum absolute atomic E-state index is 12.8. The van der Waals surface area contributed by atoms with Crippen LogP contribution in [0.2, 0.25) is 0 Å². The van der Waals surface area contributed by atoms with Gasteiger partial charge in [0.15, 0.2) is 11.5 Å². The Morgan fingerprint density at radius 3 is 2.52 bits per heavy atom. The van der Waals surface area contributed by atoms with E-state index in [2.05, 4.69) is 15.5 Å². The number of alkyl halides is 3. The van der Waals surface area contributed by atoms with E-state index in [0.717, 1.165) is 12.6 Å². The number of halogens is 3. The van der Waals surface area contributed by atoms with E-state index in [0.29, 0.717) is 17.3 Å². The van der Waals surface area contributed by atoms with Crippen molar-refractivity contribution in [2.45, 2.75) is 12.7 Å². The average Bonchev–Trinajstić information content (AvgIpc) is 3.14. The molecule has 3 rings (SSSR count). The van der Waals surface area contributed by atoms with Crippen molar-refractivity contribution in [2.24, 2.45) is 7.05 Å². The number of nitrogens with zero attached hydrogens (tertiary/aromatic N) is 4. The molecule has 6 nitrogen and oxygen atoms in total. The number of aromatic nitrogens is 4. The van der Waals surface area contributed by atoms with E-state index in [9.17, 15) is 18.0 Å². The summed E-state index contributed by atoms with van der Waals surface area (Å²) >= 11 is 0. The van der Waals surface area contributed by atoms with Crippen molar-refractivity contribution < 1.29 is 18.0 Å². The zero-order valence-corrected chi connectivity index (χ0v) is 13.2. The minimum atomic E-state index is -4.57. The van der Waals surface area contributed by atoms with E-state index >= 15 is 0 Å². The molecule has 3 aromatic rings. The first kappa shape index (κ1) is 16.7. The minimum absolute atomic E-state index is 0.236. The molecule has 0 fully saturated rings. The molecule has 0 bridgehead atoms. The third-order valence-corrected chi connectivity index (χ3v) is 3.47. The largest absolute Gasteiger partial charge is 0.433 e. The third kappa shape index (κ3) is 3.87. The Labute approximate surface area is 140 Å². The van der Waals surface area contributed by atoms with Gasteiger partial charge in [0.1, 0.15) is 5.69 Å². The molecule has 0 atom stereocenters. The third-order valence-electron chi connectivity index (χ3n) is 3.47. The van der Waals surface area contributed by atoms with E-state index in [1.165, 1.54) is 0 Å². The predicted octanol–water partition coefficient (Wildman–Crippen LogP) is 2.94. The van der Waals surface area contributed by atoms with Crippen LogP contribution >= 0.6 is 0 Å². The second-order valence-electron chi connectivity index (χ2n) is 5.37. The summed E-state index contributed by atoms with van der Waals surface area (Å²) in [6.45, 7) is 0.512. The van der Waals surface area contributed by atoms with Crippen molar-refractivity contribution in [3.05, 3.63) is 65.6 Å². The Morgan fingerprint density at radius 2 is 1.88 bits per heavy atom. The van der Waals surface area contributed by atoms with E-state index in [4.69, 9.17) is 0 Å². The first-order valence-corrected chi connectivity index (χ1v) is 7.33. The van der Waals surface area contributed by atoms with Crippen LogP contribution in [0.3, 0.4) is 0 Å². The summed E-state index contributed by atoms with van der Waals surface area (Å²) < 4.78 is 40.5. The number of amides is 1. The fourth-order valence-corrected chi connectivity index (χ4v) is 2.31. The number of hydrogen-bond donors (Lipinski definition) is 1. The van der Waals surface area contributed by atoms with Gasteiger partial charge in [-0.25, -0.2) is 0 Å². The van der Waals surface area contributed by atoms with Gasteiger partial charge in [-0.3, -0.25) is 14.2 Å². The van der Waals surface area contributed by atoms with Gasteiger partial charge < -0.3 is 5.32 Å². The number of hydrogen-bond acceptors (Lipinski definition) is 3. The number of aryl methyl sites for hydroxylation is 1. The normalized spacial score (nSPS) is 11.5. The van der Waals surface area contributed by atoms with E-state index < -0.39 is 17.8 Å². The molecule has 130 valence electrons. The summed E-state index contributed by atoms with van der Waals surface area (Å²) in [6, 6.07) is 11.9. The maximum atomic E-state index is 12.8. The quantitative estimate of drug-likeness (QED) is 0.788. The number of carbonyl (C=O) groups excluding carboxylic acids is 1. The van der Waals surface area contributed by atoms with Crippen LogP contribution in [-0.2, 0) is 19.8 Å². The lowest BCUT2D eigenvalue weighted by Crippen LogP contribution is -2.14. The number of anilines is 1. The summed E-state index contributed by atoms with van der Waals surface area (Å²) in [5.74, 6) is -0.517. The summed E-state index contributed by atoms with van der Waals surface area (Å²) in [5.41, 5.74) is -0.289. The van der Waals surface area contributed by atoms with Crippen molar-refractivity contribution >= 4 is 11.7 Å². The summed E-state index contributed by atoms with van der Waals surface area (Å²) in [5, 5.41) is 10.2. The molecule has 0 unspecified atom stereocenters. The molecular formula is C16H14F3N5O. The lowest BCUT2D eigenvalue weighted by Gasteiger charge is -2.04. The maximum Gasteiger partial charge on any atom is 0.433 e. The van der Waals surface area contributed by atoms with Crippen molar-refractivity contribution in [1.82, 2.24) is 19.6 Å². The van der Waals surface area contributed by atoms with Gasteiger partial charge in [0, 0.05) is 25.4 Å². The standard InChI is InChI=1S/C16H14F3N5O/c1-23-13(16(17,18)19)9-12(21-23)15(25)20-14-7-8-24(22-14)10-11-5-3-2-4-6-11/h2-9H,10H2,1H3,(H,20,22,25). The lowest BCUT2D eigenvalue weighted by molar-refractivity contribution is -0.143. The molecule has 0 radical (unpaired) electrons. The molecule has 2 aromatic heterocycles. The van der Waals surface area contributed by atoms with Gasteiger partial charge in [0.2, 0.25) is 0 Å². The van der Waals surface area contributed by atoms with Crippen LogP contribution in [0, 0.1) is 0 Å². The molecule has 1 aromatic carbocycles. The van der Waals surface area contributed by atoms with Gasteiger partial charge >= 0.3 is 6.18 Å². The molecule has 0 saturated heterocycles. The number of nitrogens with one attached hydrogen (secondary N) is 1. The zero-order valence-electron chi connectivity index (χ0n) is 13.2. The Morgan fingerprint density at radius 1 is 1.16 bits per heavy atom. The monoisotopic (exact) mass is 349 g/mol. The van der Waals surface area contributed by atoms with Crippen molar-refractivity contribution in [1.29, 1.82) is 0 Å². The predicted molar refractivity (Wildman–Crippen MR) is 83.9 cm³/mol. The van der Waals surface area contributed by atoms with Crippen LogP contribution in [0.25, 0.3) is 0 Å². The fourth-order valence-electron chi connectivity index (χ4n) is 2.31. The number of benzene rings is 1. The van der Waals surface area contributed by atoms with Gasteiger partial charge in [-0.2, -0.15) is 23.4 Å². The molecular weight excluding hydrogens is 335 g/mol. The van der Waals surface area contributed by atoms with Crippen molar-refractivity contribution in [3.63, 3.8) is 0 Å². The van der Waals surface area contributed by atoms with Gasteiger partial charge in [0.05, 0.1) is 6.54 Å². The lowest BCUT2D eigenvalue weighted by atomic mass is 10.2. The zero-order chi connectivity index (χ0) is 18.0. The smallest absolute Gasteiger partial charge is 0.304 e. The molecule has 0 aliphatic carbocycles. The fraction of sp³-hybridized carbons (Fsp3) is 0.188. The van der Waals surface area contributed by atoms with E-state index in [-0.39, 0.29) is 11.5 Å². The van der Waals surface area contributed by atoms with E-state index in [1.807, 2.05) is 30.3 Å². The van der Waals surface area contributed by atoms with Crippen LogP contribution < -0.4 is 5.32 Å². The van der Waals surface area contributed by atoms with Gasteiger partial charge in [-0.1, -0.05) is 30.3 Å². The van der Waals surface area contributed by atoms with Gasteiger partial charge in [0.25, 0.3) is 5.91 Å². The Bertz CT molecular complexity index is 883. The highest BCUT2D eigenvalue weighted by atomic mass is 19.4. The second-order valence-corrected chi connectivity index (χ2v) is 5.37. The molecule has 9 heteroatoms. The molecule has 0 aliphatic heterocycles. The second kappa shape index (κ2) is 6.42. The van der Waals surface area contributed by atoms with Gasteiger partial charge in [-0.05, 0) is 5.56 Å². The molecule has 1 N–H and O–H groups in total. The number of rotatable bonds is 4. The van der Waals surface area contributed by atoms with Crippen LogP contribution in [-0.4, -0.2) is 25.5 Å². The van der Waals surface area contributed by atoms with Crippen LogP contribution in [0.5, 0.6) is 0 Å². The number of carbonyl (C=O) groups is 1. The summed E-state index contributed by atoms with van der Waals surface area (Å²) in [6.07, 6.45) is -2.90. The minimum Gasteiger partial charge on any atom is -0.304 e. The topological polar surface area (TPSA) is 64.7 Å². The molecule has 2 heterocycles. The SMILES string of the molecule is Cn1nc(C(=O)Nc2ccn(Cc3ccccc3)n2)cc1C(F)(F)F. The summed E-state index contributed by atoms with van der Waals surface area (Å²) in [4.78, 5) is 12.1. The molecule has 0 spiro atoms. The first-order valence-electron chi connectivity index (χ1n) is 7.33. The highest BCUT2D eigenvalue weighted by Crippen LogP contribution is 2.29. The van der Waals surface area contributed by atoms with Crippen LogP contribution in [0.4, 0.5) is 19.0 Å².